The van der Waals surface area contributed by atoms with Crippen LogP contribution in [0.2, 0.25) is 0 Å². The number of nitrogens with one attached hydrogen (secondary N) is 1. The highest BCUT2D eigenvalue weighted by Crippen LogP contribution is 2.26. The van der Waals surface area contributed by atoms with Crippen molar-refractivity contribution in [1.82, 2.24) is 15.1 Å². The summed E-state index contributed by atoms with van der Waals surface area (Å²) in [4.78, 5) is 22.7. The highest BCUT2D eigenvalue weighted by molar-refractivity contribution is 7.99. The summed E-state index contributed by atoms with van der Waals surface area (Å²) >= 11 is 1.94. The van der Waals surface area contributed by atoms with Gasteiger partial charge in [-0.15, -0.1) is 11.8 Å². The summed E-state index contributed by atoms with van der Waals surface area (Å²) in [6, 6.07) is 19.0. The Kier molecular flexibility index (Phi) is 7.52. The molecule has 2 heterocycles. The van der Waals surface area contributed by atoms with Gasteiger partial charge in [-0.3, -0.25) is 9.79 Å². The Morgan fingerprint density at radius 1 is 1.06 bits per heavy atom. The molecule has 4 rings (SSSR count). The molecule has 1 N–H and O–H groups in total. The molecular formula is C25H32N4OS. The molecule has 0 saturated carbocycles. The Morgan fingerprint density at radius 2 is 1.77 bits per heavy atom. The summed E-state index contributed by atoms with van der Waals surface area (Å²) < 4.78 is 0. The van der Waals surface area contributed by atoms with Crippen molar-refractivity contribution in [1.29, 1.82) is 0 Å². The molecule has 1 fully saturated rings. The zero-order chi connectivity index (χ0) is 21.5. The molecule has 1 atom stereocenters. The summed E-state index contributed by atoms with van der Waals surface area (Å²) in [5.74, 6) is 3.03. The molecule has 5 nitrogen and oxygen atoms in total. The third kappa shape index (κ3) is 5.82. The van der Waals surface area contributed by atoms with Crippen LogP contribution in [0.1, 0.15) is 30.4 Å². The molecule has 1 amide bonds. The minimum atomic E-state index is 0.243. The standard InChI is InChI=1S/C25H32N4OS/c1-26-25(28-15-13-20(16-28)19-31-23-10-3-2-4-11-23)27-14-7-12-24(30)29-17-21-8-5-6-9-22(21)18-29/h2-6,8-11,20H,7,12-19H2,1H3,(H,26,27). The minimum absolute atomic E-state index is 0.243. The molecule has 0 aromatic heterocycles. The van der Waals surface area contributed by atoms with Gasteiger partial charge in [0.1, 0.15) is 0 Å². The van der Waals surface area contributed by atoms with Crippen LogP contribution in [-0.4, -0.2) is 54.1 Å². The van der Waals surface area contributed by atoms with Crippen LogP contribution < -0.4 is 5.32 Å². The van der Waals surface area contributed by atoms with Crippen LogP contribution in [0.4, 0.5) is 0 Å². The largest absolute Gasteiger partial charge is 0.356 e. The second-order valence-electron chi connectivity index (χ2n) is 8.32. The number of hydrogen-bond acceptors (Lipinski definition) is 3. The van der Waals surface area contributed by atoms with E-state index >= 15 is 0 Å². The first-order valence-electron chi connectivity index (χ1n) is 11.2. The number of hydrogen-bond donors (Lipinski definition) is 1. The van der Waals surface area contributed by atoms with Crippen molar-refractivity contribution >= 4 is 23.6 Å². The number of rotatable bonds is 7. The van der Waals surface area contributed by atoms with Gasteiger partial charge in [0.05, 0.1) is 0 Å². The quantitative estimate of drug-likeness (QED) is 0.308. The van der Waals surface area contributed by atoms with Crippen LogP contribution in [0, 0.1) is 5.92 Å². The molecule has 164 valence electrons. The lowest BCUT2D eigenvalue weighted by Gasteiger charge is -2.22. The first kappa shape index (κ1) is 21.8. The lowest BCUT2D eigenvalue weighted by Crippen LogP contribution is -2.40. The van der Waals surface area contributed by atoms with E-state index in [4.69, 9.17) is 0 Å². The monoisotopic (exact) mass is 436 g/mol. The SMILES string of the molecule is CN=C(NCCCC(=O)N1Cc2ccccc2C1)N1CCC(CSc2ccccc2)C1. The van der Waals surface area contributed by atoms with Crippen LogP contribution in [0.15, 0.2) is 64.5 Å². The summed E-state index contributed by atoms with van der Waals surface area (Å²) in [5.41, 5.74) is 2.56. The van der Waals surface area contributed by atoms with Crippen molar-refractivity contribution in [2.75, 3.05) is 32.4 Å². The Morgan fingerprint density at radius 3 is 2.48 bits per heavy atom. The Hall–Kier alpha value is -2.47. The zero-order valence-corrected chi connectivity index (χ0v) is 19.1. The number of benzene rings is 2. The second-order valence-corrected chi connectivity index (χ2v) is 9.41. The number of carbonyl (C=O) groups excluding carboxylic acids is 1. The summed E-state index contributed by atoms with van der Waals surface area (Å²) in [7, 11) is 1.85. The minimum Gasteiger partial charge on any atom is -0.356 e. The first-order chi connectivity index (χ1) is 15.2. The smallest absolute Gasteiger partial charge is 0.223 e. The maximum Gasteiger partial charge on any atom is 0.223 e. The molecule has 0 bridgehead atoms. The lowest BCUT2D eigenvalue weighted by atomic mass is 10.1. The highest BCUT2D eigenvalue weighted by atomic mass is 32.2. The predicted octanol–water partition coefficient (Wildman–Crippen LogP) is 4.00. The topological polar surface area (TPSA) is 47.9 Å². The van der Waals surface area contributed by atoms with Gasteiger partial charge in [-0.2, -0.15) is 0 Å². The molecule has 1 saturated heterocycles. The number of likely N-dealkylation sites (tertiary alicyclic amines) is 1. The molecule has 31 heavy (non-hydrogen) atoms. The molecular weight excluding hydrogens is 404 g/mol. The van der Waals surface area contributed by atoms with Gasteiger partial charge in [-0.25, -0.2) is 0 Å². The van der Waals surface area contributed by atoms with Gasteiger partial charge in [0.15, 0.2) is 5.96 Å². The van der Waals surface area contributed by atoms with E-state index in [-0.39, 0.29) is 5.91 Å². The first-order valence-corrected chi connectivity index (χ1v) is 12.2. The molecule has 0 aliphatic carbocycles. The van der Waals surface area contributed by atoms with Gasteiger partial charge in [0.2, 0.25) is 5.91 Å². The van der Waals surface area contributed by atoms with Crippen LogP contribution in [0.25, 0.3) is 0 Å². The molecule has 6 heteroatoms. The van der Waals surface area contributed by atoms with Gasteiger partial charge in [0, 0.05) is 56.8 Å². The van der Waals surface area contributed by atoms with Crippen molar-refractivity contribution < 1.29 is 4.79 Å². The lowest BCUT2D eigenvalue weighted by molar-refractivity contribution is -0.131. The number of fused-ring (bicyclic) bond motifs is 1. The third-order valence-electron chi connectivity index (χ3n) is 6.07. The number of amides is 1. The molecule has 0 radical (unpaired) electrons. The highest BCUT2D eigenvalue weighted by Gasteiger charge is 2.25. The maximum atomic E-state index is 12.6. The third-order valence-corrected chi connectivity index (χ3v) is 7.31. The van der Waals surface area contributed by atoms with Crippen molar-refractivity contribution in [2.24, 2.45) is 10.9 Å². The predicted molar refractivity (Wildman–Crippen MR) is 128 cm³/mol. The number of thioether (sulfide) groups is 1. The Balaban J connectivity index is 1.14. The van der Waals surface area contributed by atoms with E-state index in [9.17, 15) is 4.79 Å². The van der Waals surface area contributed by atoms with Gasteiger partial charge < -0.3 is 15.1 Å². The van der Waals surface area contributed by atoms with Crippen LogP contribution in [0.5, 0.6) is 0 Å². The number of carbonyl (C=O) groups is 1. The van der Waals surface area contributed by atoms with Crippen molar-refractivity contribution in [2.45, 2.75) is 37.2 Å². The van der Waals surface area contributed by atoms with Gasteiger partial charge in [-0.05, 0) is 42.0 Å². The van der Waals surface area contributed by atoms with Crippen LogP contribution in [-0.2, 0) is 17.9 Å². The number of nitrogens with zero attached hydrogens (tertiary/aromatic N) is 3. The average molecular weight is 437 g/mol. The summed E-state index contributed by atoms with van der Waals surface area (Å²) in [6.45, 7) is 4.37. The van der Waals surface area contributed by atoms with E-state index in [2.05, 4.69) is 57.7 Å². The summed E-state index contributed by atoms with van der Waals surface area (Å²) in [6.07, 6.45) is 2.61. The van der Waals surface area contributed by atoms with E-state index in [1.54, 1.807) is 0 Å². The van der Waals surface area contributed by atoms with E-state index in [0.29, 0.717) is 12.3 Å². The average Bonchev–Trinajstić information content (AvgIpc) is 3.45. The van der Waals surface area contributed by atoms with Crippen molar-refractivity contribution in [3.8, 4) is 0 Å². The molecule has 2 aliphatic rings. The number of aliphatic imine (C=N–C) groups is 1. The maximum absolute atomic E-state index is 12.6. The fourth-order valence-electron chi connectivity index (χ4n) is 4.33. The fourth-order valence-corrected chi connectivity index (χ4v) is 5.38. The van der Waals surface area contributed by atoms with Gasteiger partial charge in [-0.1, -0.05) is 42.5 Å². The fraction of sp³-hybridized carbons (Fsp3) is 0.440. The van der Waals surface area contributed by atoms with Gasteiger partial charge >= 0.3 is 0 Å². The van der Waals surface area contributed by atoms with Crippen molar-refractivity contribution in [3.63, 3.8) is 0 Å². The molecule has 0 spiro atoms. The van der Waals surface area contributed by atoms with Crippen LogP contribution in [0.3, 0.4) is 0 Å². The molecule has 1 unspecified atom stereocenters. The number of guanidine groups is 1. The Labute approximate surface area is 189 Å². The summed E-state index contributed by atoms with van der Waals surface area (Å²) in [5, 5.41) is 3.47. The normalized spacial score (nSPS) is 18.4. The molecule has 2 aliphatic heterocycles. The second kappa shape index (κ2) is 10.7. The van der Waals surface area contributed by atoms with E-state index < -0.39 is 0 Å². The van der Waals surface area contributed by atoms with E-state index in [1.165, 1.54) is 22.4 Å². The zero-order valence-electron chi connectivity index (χ0n) is 18.3. The van der Waals surface area contributed by atoms with E-state index in [1.807, 2.05) is 35.8 Å². The van der Waals surface area contributed by atoms with Crippen LogP contribution >= 0.6 is 11.8 Å². The van der Waals surface area contributed by atoms with Gasteiger partial charge in [0.25, 0.3) is 0 Å². The Bertz CT molecular complexity index is 876. The molecule has 2 aromatic carbocycles. The van der Waals surface area contributed by atoms with Crippen molar-refractivity contribution in [3.05, 3.63) is 65.7 Å². The molecule has 2 aromatic rings. The van der Waals surface area contributed by atoms with E-state index in [0.717, 1.165) is 50.9 Å².